The fourth-order valence-corrected chi connectivity index (χ4v) is 2.81. The zero-order valence-corrected chi connectivity index (χ0v) is 14.8. The van der Waals surface area contributed by atoms with Crippen LogP contribution in [0.5, 0.6) is 0 Å². The van der Waals surface area contributed by atoms with E-state index in [1.165, 1.54) is 11.3 Å². The van der Waals surface area contributed by atoms with Gasteiger partial charge in [-0.25, -0.2) is 4.79 Å². The normalized spacial score (nSPS) is 10.2. The molecule has 3 aromatic rings. The molecule has 0 saturated heterocycles. The number of carbonyl (C=O) groups excluding carboxylic acids is 2. The number of nitrogens with one attached hydrogen (secondary N) is 3. The van der Waals surface area contributed by atoms with Crippen LogP contribution in [0.2, 0.25) is 0 Å². The van der Waals surface area contributed by atoms with Gasteiger partial charge >= 0.3 is 6.03 Å². The first-order valence-corrected chi connectivity index (χ1v) is 8.82. The van der Waals surface area contributed by atoms with E-state index >= 15 is 0 Å². The van der Waals surface area contributed by atoms with Gasteiger partial charge in [0.2, 0.25) is 5.13 Å². The van der Waals surface area contributed by atoms with Crippen molar-refractivity contribution >= 4 is 39.8 Å². The largest absolute Gasteiger partial charge is 0.323 e. The molecule has 7 nitrogen and oxygen atoms in total. The molecule has 0 spiro atoms. The van der Waals surface area contributed by atoms with Gasteiger partial charge in [-0.15, -0.1) is 10.2 Å². The van der Waals surface area contributed by atoms with Crippen LogP contribution in [0, 0.1) is 0 Å². The van der Waals surface area contributed by atoms with Gasteiger partial charge < -0.3 is 10.6 Å². The Balaban J connectivity index is 1.57. The first-order chi connectivity index (χ1) is 12.6. The minimum absolute atomic E-state index is 0.274. The van der Waals surface area contributed by atoms with Gasteiger partial charge in [-0.3, -0.25) is 10.1 Å². The molecule has 8 heteroatoms. The molecule has 0 saturated carbocycles. The summed E-state index contributed by atoms with van der Waals surface area (Å²) in [6.45, 7) is 1.98. The number of hydrogen-bond acceptors (Lipinski definition) is 5. The maximum absolute atomic E-state index is 12.2. The number of nitrogens with zero attached hydrogens (tertiary/aromatic N) is 2. The Labute approximate surface area is 154 Å². The van der Waals surface area contributed by atoms with Gasteiger partial charge in [-0.05, 0) is 42.8 Å². The molecule has 3 amide bonds. The van der Waals surface area contributed by atoms with Crippen LogP contribution >= 0.6 is 11.3 Å². The highest BCUT2D eigenvalue weighted by Crippen LogP contribution is 2.17. The van der Waals surface area contributed by atoms with Gasteiger partial charge in [0.1, 0.15) is 5.01 Å². The van der Waals surface area contributed by atoms with Crippen LogP contribution < -0.4 is 16.0 Å². The predicted molar refractivity (Wildman–Crippen MR) is 103 cm³/mol. The third-order valence-electron chi connectivity index (χ3n) is 3.43. The number of carbonyl (C=O) groups is 2. The number of aromatic nitrogens is 2. The highest BCUT2D eigenvalue weighted by Gasteiger charge is 2.10. The van der Waals surface area contributed by atoms with Crippen molar-refractivity contribution < 1.29 is 9.59 Å². The van der Waals surface area contributed by atoms with E-state index in [1.807, 2.05) is 25.1 Å². The smallest absolute Gasteiger partial charge is 0.308 e. The Kier molecular flexibility index (Phi) is 5.55. The lowest BCUT2D eigenvalue weighted by Gasteiger charge is -2.08. The van der Waals surface area contributed by atoms with Crippen LogP contribution in [0.4, 0.5) is 21.3 Å². The molecule has 0 unspecified atom stereocenters. The number of para-hydroxylation sites is 1. The van der Waals surface area contributed by atoms with E-state index in [0.717, 1.165) is 11.4 Å². The van der Waals surface area contributed by atoms with Crippen molar-refractivity contribution in [2.75, 3.05) is 16.0 Å². The number of amides is 3. The molecule has 0 radical (unpaired) electrons. The molecule has 0 atom stereocenters. The number of urea groups is 1. The van der Waals surface area contributed by atoms with E-state index < -0.39 is 0 Å². The van der Waals surface area contributed by atoms with Crippen molar-refractivity contribution in [1.29, 1.82) is 0 Å². The summed E-state index contributed by atoms with van der Waals surface area (Å²) in [6, 6.07) is 15.4. The molecule has 1 aromatic heterocycles. The first kappa shape index (κ1) is 17.6. The zero-order chi connectivity index (χ0) is 18.4. The molecular formula is C18H17N5O2S. The van der Waals surface area contributed by atoms with Crippen LogP contribution in [0.25, 0.3) is 0 Å². The second-order valence-electron chi connectivity index (χ2n) is 5.33. The van der Waals surface area contributed by atoms with E-state index in [-0.39, 0.29) is 11.9 Å². The SMILES string of the molecule is CCc1nnc(NC(=O)c2ccc(NC(=O)Nc3ccccc3)cc2)s1. The topological polar surface area (TPSA) is 96.0 Å². The second kappa shape index (κ2) is 8.21. The summed E-state index contributed by atoms with van der Waals surface area (Å²) < 4.78 is 0. The van der Waals surface area contributed by atoms with Crippen molar-refractivity contribution in [3.8, 4) is 0 Å². The summed E-state index contributed by atoms with van der Waals surface area (Å²) in [7, 11) is 0. The first-order valence-electron chi connectivity index (χ1n) is 8.01. The highest BCUT2D eigenvalue weighted by molar-refractivity contribution is 7.15. The molecule has 0 aliphatic heterocycles. The molecule has 0 aliphatic rings. The van der Waals surface area contributed by atoms with Crippen LogP contribution in [0.3, 0.4) is 0 Å². The van der Waals surface area contributed by atoms with Gasteiger partial charge in [0.05, 0.1) is 0 Å². The van der Waals surface area contributed by atoms with E-state index in [1.54, 1.807) is 36.4 Å². The molecule has 3 rings (SSSR count). The van der Waals surface area contributed by atoms with Crippen LogP contribution in [-0.2, 0) is 6.42 Å². The summed E-state index contributed by atoms with van der Waals surface area (Å²) in [5, 5.41) is 17.4. The summed E-state index contributed by atoms with van der Waals surface area (Å²) in [6.07, 6.45) is 0.777. The number of anilines is 3. The fraction of sp³-hybridized carbons (Fsp3) is 0.111. The monoisotopic (exact) mass is 367 g/mol. The zero-order valence-electron chi connectivity index (χ0n) is 14.0. The van der Waals surface area contributed by atoms with E-state index in [2.05, 4.69) is 26.1 Å². The Morgan fingerprint density at radius 1 is 0.885 bits per heavy atom. The lowest BCUT2D eigenvalue weighted by atomic mass is 10.2. The lowest BCUT2D eigenvalue weighted by Crippen LogP contribution is -2.19. The van der Waals surface area contributed by atoms with Crippen molar-refractivity contribution in [1.82, 2.24) is 10.2 Å². The van der Waals surface area contributed by atoms with Crippen molar-refractivity contribution in [2.45, 2.75) is 13.3 Å². The number of benzene rings is 2. The van der Waals surface area contributed by atoms with Gasteiger partial charge in [-0.2, -0.15) is 0 Å². The highest BCUT2D eigenvalue weighted by atomic mass is 32.1. The number of hydrogen-bond donors (Lipinski definition) is 3. The average molecular weight is 367 g/mol. The molecule has 0 fully saturated rings. The molecule has 3 N–H and O–H groups in total. The number of aryl methyl sites for hydroxylation is 1. The van der Waals surface area contributed by atoms with Crippen molar-refractivity contribution in [2.24, 2.45) is 0 Å². The predicted octanol–water partition coefficient (Wildman–Crippen LogP) is 4.00. The molecule has 2 aromatic carbocycles. The quantitative estimate of drug-likeness (QED) is 0.635. The number of rotatable bonds is 5. The van der Waals surface area contributed by atoms with Gasteiger partial charge in [0.15, 0.2) is 0 Å². The van der Waals surface area contributed by atoms with E-state index in [4.69, 9.17) is 0 Å². The maximum atomic E-state index is 12.2. The van der Waals surface area contributed by atoms with E-state index in [9.17, 15) is 9.59 Å². The van der Waals surface area contributed by atoms with Gasteiger partial charge in [0.25, 0.3) is 5.91 Å². The summed E-state index contributed by atoms with van der Waals surface area (Å²) in [4.78, 5) is 24.2. The van der Waals surface area contributed by atoms with Crippen LogP contribution in [0.1, 0.15) is 22.3 Å². The lowest BCUT2D eigenvalue weighted by molar-refractivity contribution is 0.102. The molecule has 1 heterocycles. The molecule has 26 heavy (non-hydrogen) atoms. The van der Waals surface area contributed by atoms with Crippen LogP contribution in [0.15, 0.2) is 54.6 Å². The maximum Gasteiger partial charge on any atom is 0.323 e. The van der Waals surface area contributed by atoms with Crippen molar-refractivity contribution in [3.63, 3.8) is 0 Å². The Morgan fingerprint density at radius 2 is 1.54 bits per heavy atom. The molecule has 0 bridgehead atoms. The minimum atomic E-state index is -0.352. The summed E-state index contributed by atoms with van der Waals surface area (Å²) >= 11 is 1.35. The Morgan fingerprint density at radius 3 is 2.15 bits per heavy atom. The third-order valence-corrected chi connectivity index (χ3v) is 4.41. The van der Waals surface area contributed by atoms with Crippen LogP contribution in [-0.4, -0.2) is 22.1 Å². The van der Waals surface area contributed by atoms with Crippen molar-refractivity contribution in [3.05, 3.63) is 65.2 Å². The van der Waals surface area contributed by atoms with Gasteiger partial charge in [-0.1, -0.05) is 36.5 Å². The average Bonchev–Trinajstić information content (AvgIpc) is 3.10. The summed E-state index contributed by atoms with van der Waals surface area (Å²) in [5.41, 5.74) is 1.75. The molecular weight excluding hydrogens is 350 g/mol. The Bertz CT molecular complexity index is 893. The fourth-order valence-electron chi connectivity index (χ4n) is 2.14. The van der Waals surface area contributed by atoms with E-state index in [0.29, 0.717) is 22.1 Å². The molecule has 132 valence electrons. The summed E-state index contributed by atoms with van der Waals surface area (Å²) in [5.74, 6) is -0.274. The third kappa shape index (κ3) is 4.64. The van der Waals surface area contributed by atoms with Gasteiger partial charge in [0, 0.05) is 16.9 Å². The minimum Gasteiger partial charge on any atom is -0.308 e. The standard InChI is InChI=1S/C18H17N5O2S/c1-2-15-22-23-18(26-15)21-16(24)12-8-10-14(11-9-12)20-17(25)19-13-6-4-3-5-7-13/h3-11H,2H2,1H3,(H2,19,20,25)(H,21,23,24). The Hall–Kier alpha value is -3.26. The molecule has 0 aliphatic carbocycles. The second-order valence-corrected chi connectivity index (χ2v) is 6.39.